The maximum atomic E-state index is 11.0. The molecule has 0 saturated heterocycles. The zero-order valence-corrected chi connectivity index (χ0v) is 9.43. The van der Waals surface area contributed by atoms with Crippen LogP contribution in [0.1, 0.15) is 12.0 Å². The van der Waals surface area contributed by atoms with Crippen molar-refractivity contribution in [2.24, 2.45) is 4.99 Å². The fourth-order valence-electron chi connectivity index (χ4n) is 1.32. The van der Waals surface area contributed by atoms with Gasteiger partial charge in [-0.25, -0.2) is 4.79 Å². The van der Waals surface area contributed by atoms with E-state index in [0.29, 0.717) is 6.42 Å². The molecule has 1 amide bonds. The van der Waals surface area contributed by atoms with Gasteiger partial charge in [-0.3, -0.25) is 4.79 Å². The van der Waals surface area contributed by atoms with Crippen molar-refractivity contribution in [3.63, 3.8) is 0 Å². The molecule has 16 heavy (non-hydrogen) atoms. The fourth-order valence-corrected chi connectivity index (χ4v) is 1.32. The Bertz CT molecular complexity index is 404. The molecule has 0 aliphatic heterocycles. The van der Waals surface area contributed by atoms with Crippen LogP contribution in [0, 0.1) is 0 Å². The summed E-state index contributed by atoms with van der Waals surface area (Å²) >= 11 is 0. The van der Waals surface area contributed by atoms with Crippen LogP contribution in [0.4, 0.5) is 5.69 Å². The van der Waals surface area contributed by atoms with E-state index >= 15 is 0 Å². The average molecular weight is 218 g/mol. The summed E-state index contributed by atoms with van der Waals surface area (Å²) in [6.45, 7) is 0. The number of isocyanates is 1. The largest absolute Gasteiger partial charge is 0.378 e. The Morgan fingerprint density at radius 2 is 1.94 bits per heavy atom. The van der Waals surface area contributed by atoms with Crippen LogP contribution in [0.25, 0.3) is 0 Å². The van der Waals surface area contributed by atoms with Crippen LogP contribution < -0.4 is 4.90 Å². The predicted octanol–water partition coefficient (Wildman–Crippen LogP) is 1.55. The lowest BCUT2D eigenvalue weighted by Crippen LogP contribution is -2.08. The summed E-state index contributed by atoms with van der Waals surface area (Å²) in [5.41, 5.74) is 2.17. The standard InChI is InChI=1S/C12H14N2O2/c1-14(2)11-6-3-10(4-7-11)5-8-12(16)13-9-15/h3-4,6-7H,5,8H2,1-2H3. The second kappa shape index (κ2) is 5.83. The first-order valence-corrected chi connectivity index (χ1v) is 5.00. The van der Waals surface area contributed by atoms with Crippen LogP contribution in [-0.4, -0.2) is 26.1 Å². The van der Waals surface area contributed by atoms with Crippen molar-refractivity contribution in [1.29, 1.82) is 0 Å². The maximum absolute atomic E-state index is 11.0. The van der Waals surface area contributed by atoms with Crippen LogP contribution in [-0.2, 0) is 16.0 Å². The third-order valence-electron chi connectivity index (χ3n) is 2.25. The van der Waals surface area contributed by atoms with E-state index in [1.165, 1.54) is 6.08 Å². The van der Waals surface area contributed by atoms with Crippen LogP contribution in [0.2, 0.25) is 0 Å². The van der Waals surface area contributed by atoms with Gasteiger partial charge in [-0.2, -0.15) is 0 Å². The normalized spacial score (nSPS) is 9.38. The lowest BCUT2D eigenvalue weighted by molar-refractivity contribution is -0.117. The van der Waals surface area contributed by atoms with Crippen molar-refractivity contribution < 1.29 is 9.59 Å². The van der Waals surface area contributed by atoms with Gasteiger partial charge in [0, 0.05) is 26.2 Å². The Balaban J connectivity index is 2.55. The molecule has 0 fully saturated rings. The highest BCUT2D eigenvalue weighted by Gasteiger charge is 2.01. The highest BCUT2D eigenvalue weighted by molar-refractivity contribution is 5.81. The molecule has 84 valence electrons. The molecule has 0 bridgehead atoms. The molecule has 0 aliphatic carbocycles. The highest BCUT2D eigenvalue weighted by Crippen LogP contribution is 2.13. The monoisotopic (exact) mass is 218 g/mol. The molecule has 0 saturated carbocycles. The van der Waals surface area contributed by atoms with Gasteiger partial charge in [0.05, 0.1) is 0 Å². The van der Waals surface area contributed by atoms with E-state index in [1.807, 2.05) is 43.3 Å². The number of nitrogens with zero attached hydrogens (tertiary/aromatic N) is 2. The number of amides is 1. The third kappa shape index (κ3) is 3.67. The Kier molecular flexibility index (Phi) is 4.42. The number of anilines is 1. The number of hydrogen-bond donors (Lipinski definition) is 0. The van der Waals surface area contributed by atoms with Crippen molar-refractivity contribution >= 4 is 17.7 Å². The number of carbonyl (C=O) groups is 1. The van der Waals surface area contributed by atoms with Gasteiger partial charge in [-0.15, -0.1) is 4.99 Å². The smallest absolute Gasteiger partial charge is 0.256 e. The Morgan fingerprint density at radius 3 is 2.44 bits per heavy atom. The molecule has 0 N–H and O–H groups in total. The molecule has 1 aromatic carbocycles. The van der Waals surface area contributed by atoms with Gasteiger partial charge in [0.1, 0.15) is 0 Å². The topological polar surface area (TPSA) is 49.7 Å². The molecule has 0 radical (unpaired) electrons. The minimum atomic E-state index is -0.424. The van der Waals surface area contributed by atoms with E-state index in [1.54, 1.807) is 0 Å². The third-order valence-corrected chi connectivity index (χ3v) is 2.25. The fraction of sp³-hybridized carbons (Fsp3) is 0.333. The van der Waals surface area contributed by atoms with Gasteiger partial charge >= 0.3 is 0 Å². The maximum Gasteiger partial charge on any atom is 0.256 e. The molecule has 0 heterocycles. The highest BCUT2D eigenvalue weighted by atomic mass is 16.2. The van der Waals surface area contributed by atoms with Crippen LogP contribution in [0.5, 0.6) is 0 Å². The Morgan fingerprint density at radius 1 is 1.31 bits per heavy atom. The zero-order chi connectivity index (χ0) is 12.0. The van der Waals surface area contributed by atoms with Gasteiger partial charge in [-0.1, -0.05) is 12.1 Å². The van der Waals surface area contributed by atoms with Crippen molar-refractivity contribution in [2.75, 3.05) is 19.0 Å². The minimum absolute atomic E-state index is 0.247. The second-order valence-electron chi connectivity index (χ2n) is 3.66. The Labute approximate surface area is 94.6 Å². The molecule has 1 aromatic rings. The minimum Gasteiger partial charge on any atom is -0.378 e. The van der Waals surface area contributed by atoms with E-state index < -0.39 is 5.91 Å². The Hall–Kier alpha value is -1.93. The van der Waals surface area contributed by atoms with Gasteiger partial charge in [0.15, 0.2) is 0 Å². The van der Waals surface area contributed by atoms with E-state index in [0.717, 1.165) is 11.3 Å². The average Bonchev–Trinajstić information content (AvgIpc) is 2.27. The molecule has 0 atom stereocenters. The van der Waals surface area contributed by atoms with E-state index in [9.17, 15) is 9.59 Å². The molecular formula is C12H14N2O2. The quantitative estimate of drug-likeness (QED) is 0.569. The lowest BCUT2D eigenvalue weighted by Gasteiger charge is -2.12. The summed E-state index contributed by atoms with van der Waals surface area (Å²) in [7, 11) is 3.94. The zero-order valence-electron chi connectivity index (χ0n) is 9.43. The van der Waals surface area contributed by atoms with Crippen molar-refractivity contribution in [3.8, 4) is 0 Å². The van der Waals surface area contributed by atoms with Crippen molar-refractivity contribution in [3.05, 3.63) is 29.8 Å². The SMILES string of the molecule is CN(C)c1ccc(CCC(=O)N=C=O)cc1. The number of carbonyl (C=O) groups excluding carboxylic acids is 2. The molecule has 0 aliphatic rings. The summed E-state index contributed by atoms with van der Waals surface area (Å²) < 4.78 is 0. The van der Waals surface area contributed by atoms with Crippen LogP contribution in [0.3, 0.4) is 0 Å². The van der Waals surface area contributed by atoms with Crippen LogP contribution in [0.15, 0.2) is 29.3 Å². The molecule has 4 nitrogen and oxygen atoms in total. The number of rotatable bonds is 4. The molecule has 1 rings (SSSR count). The first-order chi connectivity index (χ1) is 7.63. The summed E-state index contributed by atoms with van der Waals surface area (Å²) in [5.74, 6) is -0.424. The molecule has 0 unspecified atom stereocenters. The number of aliphatic imine (C=N–C) groups is 1. The van der Waals surface area contributed by atoms with Gasteiger partial charge in [0.25, 0.3) is 5.91 Å². The van der Waals surface area contributed by atoms with Crippen molar-refractivity contribution in [1.82, 2.24) is 0 Å². The molecular weight excluding hydrogens is 204 g/mol. The van der Waals surface area contributed by atoms with Gasteiger partial charge < -0.3 is 4.90 Å². The summed E-state index contributed by atoms with van der Waals surface area (Å²) in [5, 5.41) is 0. The number of benzene rings is 1. The summed E-state index contributed by atoms with van der Waals surface area (Å²) in [4.78, 5) is 25.8. The molecule has 4 heteroatoms. The molecule has 0 aromatic heterocycles. The van der Waals surface area contributed by atoms with Crippen LogP contribution >= 0.6 is 0 Å². The second-order valence-corrected chi connectivity index (χ2v) is 3.66. The van der Waals surface area contributed by atoms with Gasteiger partial charge in [-0.05, 0) is 24.1 Å². The van der Waals surface area contributed by atoms with Crippen molar-refractivity contribution in [2.45, 2.75) is 12.8 Å². The van der Waals surface area contributed by atoms with E-state index in [2.05, 4.69) is 4.99 Å². The lowest BCUT2D eigenvalue weighted by atomic mass is 10.1. The van der Waals surface area contributed by atoms with E-state index in [-0.39, 0.29) is 6.42 Å². The first kappa shape index (κ1) is 12.1. The van der Waals surface area contributed by atoms with Gasteiger partial charge in [0.2, 0.25) is 6.08 Å². The summed E-state index contributed by atoms with van der Waals surface area (Å²) in [6, 6.07) is 7.91. The predicted molar refractivity (Wildman–Crippen MR) is 62.2 cm³/mol. The number of aryl methyl sites for hydroxylation is 1. The van der Waals surface area contributed by atoms with E-state index in [4.69, 9.17) is 0 Å². The molecule has 0 spiro atoms. The summed E-state index contributed by atoms with van der Waals surface area (Å²) in [6.07, 6.45) is 2.09. The first-order valence-electron chi connectivity index (χ1n) is 5.00. The number of hydrogen-bond acceptors (Lipinski definition) is 3.